The van der Waals surface area contributed by atoms with Crippen molar-refractivity contribution in [3.05, 3.63) is 40.3 Å². The molecule has 5 rings (SSSR count). The Balaban J connectivity index is 1.18. The highest BCUT2D eigenvalue weighted by Crippen LogP contribution is 2.53. The Bertz CT molecular complexity index is 1160. The van der Waals surface area contributed by atoms with Crippen molar-refractivity contribution >= 4 is 34.9 Å². The van der Waals surface area contributed by atoms with Gasteiger partial charge in [-0.2, -0.15) is 5.10 Å². The van der Waals surface area contributed by atoms with Crippen molar-refractivity contribution in [1.82, 2.24) is 15.1 Å². The minimum absolute atomic E-state index is 0.0557. The molecule has 9 heteroatoms. The van der Waals surface area contributed by atoms with Crippen molar-refractivity contribution in [2.24, 2.45) is 36.6 Å². The maximum atomic E-state index is 13.5. The van der Waals surface area contributed by atoms with Gasteiger partial charge in [-0.1, -0.05) is 18.5 Å². The number of anilines is 2. The van der Waals surface area contributed by atoms with Crippen molar-refractivity contribution in [2.75, 3.05) is 17.6 Å². The quantitative estimate of drug-likeness (QED) is 0.459. The highest BCUT2D eigenvalue weighted by Gasteiger charge is 2.44. The lowest BCUT2D eigenvalue weighted by atomic mass is 9.82. The Morgan fingerprint density at radius 2 is 1.81 bits per heavy atom. The van der Waals surface area contributed by atoms with Gasteiger partial charge in [0.2, 0.25) is 5.91 Å². The van der Waals surface area contributed by atoms with Gasteiger partial charge >= 0.3 is 0 Å². The largest absolute Gasteiger partial charge is 0.383 e. The maximum absolute atomic E-state index is 13.5. The number of carbonyl (C=O) groups excluding carboxylic acids is 2. The zero-order valence-corrected chi connectivity index (χ0v) is 22.4. The Labute approximate surface area is 222 Å². The van der Waals surface area contributed by atoms with E-state index in [0.717, 1.165) is 69.5 Å². The molecule has 1 aromatic carbocycles. The molecule has 4 N–H and O–H groups in total. The molecule has 200 valence electrons. The third-order valence-corrected chi connectivity index (χ3v) is 9.26. The van der Waals surface area contributed by atoms with Crippen LogP contribution in [0.2, 0.25) is 5.02 Å². The highest BCUT2D eigenvalue weighted by atomic mass is 35.5. The number of hydrogen-bond acceptors (Lipinski definition) is 4. The molecule has 0 aliphatic heterocycles. The standard InChI is InChI=1S/C28H37ClFN5O2/c1-15-3-5-17(6-4-15)27(36)32-14-16-9-18-11-20(12-19(18)10-16)25-24(26(31)35(2)34-25)28(37)33-21-7-8-23(30)22(29)13-21/h7-8,13,15-20H,3-6,9-12,14,31H2,1-2H3,(H,32,36)(H,33,37). The van der Waals surface area contributed by atoms with Crippen LogP contribution < -0.4 is 16.4 Å². The van der Waals surface area contributed by atoms with Crippen LogP contribution in [0.25, 0.3) is 0 Å². The summed E-state index contributed by atoms with van der Waals surface area (Å²) in [4.78, 5) is 25.8. The molecule has 0 radical (unpaired) electrons. The lowest BCUT2D eigenvalue weighted by molar-refractivity contribution is -0.126. The van der Waals surface area contributed by atoms with E-state index >= 15 is 0 Å². The molecule has 2 aromatic rings. The smallest absolute Gasteiger partial charge is 0.261 e. The van der Waals surface area contributed by atoms with Crippen LogP contribution in [0.1, 0.15) is 80.3 Å². The summed E-state index contributed by atoms with van der Waals surface area (Å²) in [7, 11) is 1.74. The Hall–Kier alpha value is -2.61. The number of amides is 2. The molecule has 3 saturated carbocycles. The second-order valence-corrected chi connectivity index (χ2v) is 12.0. The second-order valence-electron chi connectivity index (χ2n) is 11.6. The number of nitrogens with one attached hydrogen (secondary N) is 2. The van der Waals surface area contributed by atoms with Gasteiger partial charge in [-0.3, -0.25) is 14.3 Å². The van der Waals surface area contributed by atoms with E-state index in [9.17, 15) is 14.0 Å². The van der Waals surface area contributed by atoms with E-state index in [2.05, 4.69) is 22.7 Å². The summed E-state index contributed by atoms with van der Waals surface area (Å²) in [6.07, 6.45) is 8.47. The summed E-state index contributed by atoms with van der Waals surface area (Å²) in [5.41, 5.74) is 7.79. The van der Waals surface area contributed by atoms with Crippen LogP contribution in [0, 0.1) is 35.4 Å². The molecule has 1 aromatic heterocycles. The molecule has 0 spiro atoms. The molecule has 3 aliphatic carbocycles. The van der Waals surface area contributed by atoms with Crippen LogP contribution in [-0.4, -0.2) is 28.1 Å². The maximum Gasteiger partial charge on any atom is 0.261 e. The van der Waals surface area contributed by atoms with E-state index in [-0.39, 0.29) is 28.7 Å². The van der Waals surface area contributed by atoms with Gasteiger partial charge < -0.3 is 16.4 Å². The topological polar surface area (TPSA) is 102 Å². The summed E-state index contributed by atoms with van der Waals surface area (Å²) in [6.45, 7) is 3.04. The molecule has 1 heterocycles. The van der Waals surface area contributed by atoms with E-state index < -0.39 is 5.82 Å². The predicted molar refractivity (Wildman–Crippen MR) is 143 cm³/mol. The van der Waals surface area contributed by atoms with Gasteiger partial charge in [0, 0.05) is 31.1 Å². The third kappa shape index (κ3) is 5.49. The summed E-state index contributed by atoms with van der Waals surface area (Å²) in [6, 6.07) is 4.08. The van der Waals surface area contributed by atoms with Gasteiger partial charge in [-0.25, -0.2) is 4.39 Å². The lowest BCUT2D eigenvalue weighted by Gasteiger charge is -2.26. The van der Waals surface area contributed by atoms with Gasteiger partial charge in [0.1, 0.15) is 17.2 Å². The van der Waals surface area contributed by atoms with Crippen molar-refractivity contribution in [3.8, 4) is 0 Å². The number of rotatable bonds is 6. The zero-order valence-electron chi connectivity index (χ0n) is 21.6. The number of halogens is 2. The van der Waals surface area contributed by atoms with Crippen molar-refractivity contribution in [1.29, 1.82) is 0 Å². The molecule has 3 fully saturated rings. The van der Waals surface area contributed by atoms with Gasteiger partial charge in [-0.15, -0.1) is 0 Å². The fourth-order valence-electron chi connectivity index (χ4n) is 6.89. The SMILES string of the molecule is CC1CCC(C(=O)NCC2CC3CC(c4nn(C)c(N)c4C(=O)Nc4ccc(F)c(Cl)c4)CC3C2)CC1. The van der Waals surface area contributed by atoms with E-state index in [0.29, 0.717) is 34.8 Å². The van der Waals surface area contributed by atoms with Crippen molar-refractivity contribution in [3.63, 3.8) is 0 Å². The number of aromatic nitrogens is 2. The first-order valence-corrected chi connectivity index (χ1v) is 13.9. The fraction of sp³-hybridized carbons (Fsp3) is 0.607. The molecule has 2 atom stereocenters. The Morgan fingerprint density at radius 3 is 2.46 bits per heavy atom. The summed E-state index contributed by atoms with van der Waals surface area (Å²) < 4.78 is 15.1. The third-order valence-electron chi connectivity index (χ3n) is 8.97. The Morgan fingerprint density at radius 1 is 1.14 bits per heavy atom. The molecule has 37 heavy (non-hydrogen) atoms. The van der Waals surface area contributed by atoms with Crippen LogP contribution in [0.5, 0.6) is 0 Å². The molecule has 3 aliphatic rings. The molecular weight excluding hydrogens is 493 g/mol. The number of benzene rings is 1. The molecular formula is C28H37ClFN5O2. The zero-order chi connectivity index (χ0) is 26.3. The normalized spacial score (nSPS) is 29.2. The number of nitrogens with two attached hydrogens (primary N) is 1. The first-order chi connectivity index (χ1) is 17.7. The van der Waals surface area contributed by atoms with Gasteiger partial charge in [0.15, 0.2) is 0 Å². The van der Waals surface area contributed by atoms with Crippen LogP contribution in [-0.2, 0) is 11.8 Å². The van der Waals surface area contributed by atoms with E-state index in [1.807, 2.05) is 0 Å². The minimum Gasteiger partial charge on any atom is -0.383 e. The first-order valence-electron chi connectivity index (χ1n) is 13.6. The Kier molecular flexibility index (Phi) is 7.48. The number of nitrogens with zero attached hydrogens (tertiary/aromatic N) is 2. The summed E-state index contributed by atoms with van der Waals surface area (Å²) in [5, 5.41) is 10.6. The highest BCUT2D eigenvalue weighted by molar-refractivity contribution is 6.31. The van der Waals surface area contributed by atoms with Gasteiger partial charge in [0.05, 0.1) is 10.7 Å². The van der Waals surface area contributed by atoms with Gasteiger partial charge in [-0.05, 0) is 93.2 Å². The van der Waals surface area contributed by atoms with Gasteiger partial charge in [0.25, 0.3) is 5.91 Å². The number of aryl methyl sites for hydroxylation is 1. The van der Waals surface area contributed by atoms with E-state index in [1.165, 1.54) is 18.2 Å². The van der Waals surface area contributed by atoms with Crippen LogP contribution in [0.15, 0.2) is 18.2 Å². The van der Waals surface area contributed by atoms with Crippen LogP contribution in [0.3, 0.4) is 0 Å². The van der Waals surface area contributed by atoms with E-state index in [4.69, 9.17) is 17.3 Å². The molecule has 7 nitrogen and oxygen atoms in total. The number of nitrogen functional groups attached to an aromatic ring is 1. The van der Waals surface area contributed by atoms with Crippen molar-refractivity contribution in [2.45, 2.75) is 64.2 Å². The fourth-order valence-corrected chi connectivity index (χ4v) is 7.07. The summed E-state index contributed by atoms with van der Waals surface area (Å²) >= 11 is 5.87. The number of hydrogen-bond donors (Lipinski definition) is 3. The van der Waals surface area contributed by atoms with Crippen LogP contribution >= 0.6 is 11.6 Å². The van der Waals surface area contributed by atoms with Crippen molar-refractivity contribution < 1.29 is 14.0 Å². The van der Waals surface area contributed by atoms with E-state index in [1.54, 1.807) is 11.7 Å². The molecule has 2 unspecified atom stereocenters. The number of carbonyl (C=O) groups is 2. The predicted octanol–water partition coefficient (Wildman–Crippen LogP) is 5.51. The monoisotopic (exact) mass is 529 g/mol. The summed E-state index contributed by atoms with van der Waals surface area (Å²) in [5.74, 6) is 2.39. The second kappa shape index (κ2) is 10.6. The average Bonchev–Trinajstić information content (AvgIpc) is 3.52. The average molecular weight is 530 g/mol. The molecule has 2 amide bonds. The lowest BCUT2D eigenvalue weighted by Crippen LogP contribution is -2.35. The first kappa shape index (κ1) is 26.0. The number of fused-ring (bicyclic) bond motifs is 1. The minimum atomic E-state index is -0.541. The molecule has 0 bridgehead atoms. The van der Waals surface area contributed by atoms with Crippen LogP contribution in [0.4, 0.5) is 15.9 Å². The molecule has 0 saturated heterocycles.